The van der Waals surface area contributed by atoms with Crippen molar-refractivity contribution < 1.29 is 9.53 Å². The van der Waals surface area contributed by atoms with Crippen molar-refractivity contribution in [2.24, 2.45) is 5.92 Å². The lowest BCUT2D eigenvalue weighted by atomic mass is 9.95. The molecule has 4 heteroatoms. The quantitative estimate of drug-likeness (QED) is 0.800. The predicted molar refractivity (Wildman–Crippen MR) is 79.8 cm³/mol. The molecule has 0 aromatic heterocycles. The van der Waals surface area contributed by atoms with E-state index in [1.54, 1.807) is 0 Å². The SMILES string of the molecule is O=C(CCOc1ccccc1)NCCC1CCNCC1. The largest absolute Gasteiger partial charge is 0.493 e. The summed E-state index contributed by atoms with van der Waals surface area (Å²) < 4.78 is 5.50. The molecule has 110 valence electrons. The highest BCUT2D eigenvalue weighted by Crippen LogP contribution is 2.14. The first-order valence-corrected chi connectivity index (χ1v) is 7.50. The fourth-order valence-electron chi connectivity index (χ4n) is 2.45. The molecule has 0 spiro atoms. The van der Waals surface area contributed by atoms with Crippen LogP contribution in [-0.2, 0) is 4.79 Å². The second-order valence-corrected chi connectivity index (χ2v) is 5.24. The van der Waals surface area contributed by atoms with Gasteiger partial charge in [0.05, 0.1) is 13.0 Å². The van der Waals surface area contributed by atoms with Crippen LogP contribution < -0.4 is 15.4 Å². The molecule has 1 aliphatic rings. The molecule has 20 heavy (non-hydrogen) atoms. The topological polar surface area (TPSA) is 50.4 Å². The maximum atomic E-state index is 11.7. The van der Waals surface area contributed by atoms with Gasteiger partial charge in [-0.1, -0.05) is 18.2 Å². The molecule has 0 radical (unpaired) electrons. The number of benzene rings is 1. The Labute approximate surface area is 120 Å². The van der Waals surface area contributed by atoms with Crippen molar-refractivity contribution >= 4 is 5.91 Å². The van der Waals surface area contributed by atoms with Gasteiger partial charge in [0.2, 0.25) is 5.91 Å². The molecule has 1 amide bonds. The highest BCUT2D eigenvalue weighted by atomic mass is 16.5. The zero-order valence-electron chi connectivity index (χ0n) is 11.9. The van der Waals surface area contributed by atoms with Gasteiger partial charge >= 0.3 is 0 Å². The average Bonchev–Trinajstić information content (AvgIpc) is 2.49. The Balaban J connectivity index is 1.52. The third-order valence-electron chi connectivity index (χ3n) is 3.67. The number of piperidine rings is 1. The van der Waals surface area contributed by atoms with E-state index in [1.807, 2.05) is 30.3 Å². The number of ether oxygens (including phenoxy) is 1. The molecular formula is C16H24N2O2. The van der Waals surface area contributed by atoms with Crippen LogP contribution in [0.3, 0.4) is 0 Å². The number of amides is 1. The van der Waals surface area contributed by atoms with E-state index in [2.05, 4.69) is 10.6 Å². The predicted octanol–water partition coefficient (Wildman–Crippen LogP) is 1.96. The highest BCUT2D eigenvalue weighted by Gasteiger charge is 2.12. The van der Waals surface area contributed by atoms with Gasteiger partial charge in [-0.15, -0.1) is 0 Å². The van der Waals surface area contributed by atoms with E-state index in [4.69, 9.17) is 4.74 Å². The first kappa shape index (κ1) is 14.9. The van der Waals surface area contributed by atoms with Crippen molar-refractivity contribution in [3.05, 3.63) is 30.3 Å². The first-order valence-electron chi connectivity index (χ1n) is 7.50. The van der Waals surface area contributed by atoms with Crippen molar-refractivity contribution in [2.75, 3.05) is 26.2 Å². The Kier molecular flexibility index (Phi) is 6.38. The zero-order valence-corrected chi connectivity index (χ0v) is 11.9. The van der Waals surface area contributed by atoms with Crippen LogP contribution in [0.1, 0.15) is 25.7 Å². The van der Waals surface area contributed by atoms with Crippen LogP contribution in [0.5, 0.6) is 5.75 Å². The van der Waals surface area contributed by atoms with Gasteiger partial charge in [0.25, 0.3) is 0 Å². The molecule has 1 aromatic rings. The molecule has 1 aromatic carbocycles. The van der Waals surface area contributed by atoms with E-state index in [1.165, 1.54) is 12.8 Å². The monoisotopic (exact) mass is 276 g/mol. The smallest absolute Gasteiger partial charge is 0.223 e. The second kappa shape index (κ2) is 8.59. The molecule has 1 heterocycles. The molecule has 1 fully saturated rings. The van der Waals surface area contributed by atoms with Crippen molar-refractivity contribution in [2.45, 2.75) is 25.7 Å². The van der Waals surface area contributed by atoms with Crippen LogP contribution in [0, 0.1) is 5.92 Å². The number of rotatable bonds is 7. The number of carbonyl (C=O) groups excluding carboxylic acids is 1. The van der Waals surface area contributed by atoms with E-state index in [0.717, 1.165) is 37.7 Å². The summed E-state index contributed by atoms with van der Waals surface area (Å²) in [5, 5.41) is 6.33. The van der Waals surface area contributed by atoms with Crippen LogP contribution >= 0.6 is 0 Å². The molecule has 1 aliphatic heterocycles. The van der Waals surface area contributed by atoms with Crippen LogP contribution in [0.2, 0.25) is 0 Å². The van der Waals surface area contributed by atoms with E-state index in [0.29, 0.717) is 13.0 Å². The minimum atomic E-state index is 0.0786. The second-order valence-electron chi connectivity index (χ2n) is 5.24. The highest BCUT2D eigenvalue weighted by molar-refractivity contribution is 5.75. The number of hydrogen-bond acceptors (Lipinski definition) is 3. The summed E-state index contributed by atoms with van der Waals surface area (Å²) >= 11 is 0. The minimum absolute atomic E-state index is 0.0786. The number of para-hydroxylation sites is 1. The van der Waals surface area contributed by atoms with Crippen molar-refractivity contribution in [3.63, 3.8) is 0 Å². The van der Waals surface area contributed by atoms with Crippen molar-refractivity contribution in [3.8, 4) is 5.75 Å². The van der Waals surface area contributed by atoms with Gasteiger partial charge in [0, 0.05) is 6.54 Å². The van der Waals surface area contributed by atoms with Crippen LogP contribution in [0.15, 0.2) is 30.3 Å². The van der Waals surface area contributed by atoms with Gasteiger partial charge in [0.15, 0.2) is 0 Å². The van der Waals surface area contributed by atoms with Crippen LogP contribution in [-0.4, -0.2) is 32.1 Å². The summed E-state index contributed by atoms with van der Waals surface area (Å²) in [7, 11) is 0. The zero-order chi connectivity index (χ0) is 14.0. The Morgan fingerprint density at radius 1 is 1.25 bits per heavy atom. The Morgan fingerprint density at radius 3 is 2.75 bits per heavy atom. The number of nitrogens with one attached hydrogen (secondary N) is 2. The molecule has 1 saturated heterocycles. The maximum absolute atomic E-state index is 11.7. The van der Waals surface area contributed by atoms with E-state index < -0.39 is 0 Å². The van der Waals surface area contributed by atoms with Gasteiger partial charge < -0.3 is 15.4 Å². The molecule has 0 unspecified atom stereocenters. The molecule has 0 saturated carbocycles. The summed E-state index contributed by atoms with van der Waals surface area (Å²) in [6.45, 7) is 3.45. The average molecular weight is 276 g/mol. The molecule has 0 bridgehead atoms. The van der Waals surface area contributed by atoms with Gasteiger partial charge in [0.1, 0.15) is 5.75 Å². The fourth-order valence-corrected chi connectivity index (χ4v) is 2.45. The summed E-state index contributed by atoms with van der Waals surface area (Å²) in [6, 6.07) is 9.59. The normalized spacial score (nSPS) is 15.8. The third-order valence-corrected chi connectivity index (χ3v) is 3.67. The summed E-state index contributed by atoms with van der Waals surface area (Å²) in [4.78, 5) is 11.7. The summed E-state index contributed by atoms with van der Waals surface area (Å²) in [6.07, 6.45) is 3.97. The van der Waals surface area contributed by atoms with Crippen LogP contribution in [0.4, 0.5) is 0 Å². The lowest BCUT2D eigenvalue weighted by Crippen LogP contribution is -2.31. The summed E-state index contributed by atoms with van der Waals surface area (Å²) in [5.74, 6) is 1.65. The van der Waals surface area contributed by atoms with Gasteiger partial charge in [-0.2, -0.15) is 0 Å². The molecule has 4 nitrogen and oxygen atoms in total. The van der Waals surface area contributed by atoms with Gasteiger partial charge in [-0.05, 0) is 50.4 Å². The first-order chi connectivity index (χ1) is 9.84. The maximum Gasteiger partial charge on any atom is 0.223 e. The molecule has 2 N–H and O–H groups in total. The van der Waals surface area contributed by atoms with E-state index >= 15 is 0 Å². The fraction of sp³-hybridized carbons (Fsp3) is 0.562. The minimum Gasteiger partial charge on any atom is -0.493 e. The van der Waals surface area contributed by atoms with E-state index in [-0.39, 0.29) is 5.91 Å². The summed E-state index contributed by atoms with van der Waals surface area (Å²) in [5.41, 5.74) is 0. The van der Waals surface area contributed by atoms with Crippen molar-refractivity contribution in [1.82, 2.24) is 10.6 Å². The molecule has 0 atom stereocenters. The number of carbonyl (C=O) groups is 1. The third kappa shape index (κ3) is 5.61. The van der Waals surface area contributed by atoms with Gasteiger partial charge in [-0.25, -0.2) is 0 Å². The Bertz CT molecular complexity index is 389. The Hall–Kier alpha value is -1.55. The van der Waals surface area contributed by atoms with Gasteiger partial charge in [-0.3, -0.25) is 4.79 Å². The van der Waals surface area contributed by atoms with Crippen LogP contribution in [0.25, 0.3) is 0 Å². The lowest BCUT2D eigenvalue weighted by Gasteiger charge is -2.22. The molecular weight excluding hydrogens is 252 g/mol. The standard InChI is InChI=1S/C16H24N2O2/c19-16(9-13-20-15-4-2-1-3-5-15)18-12-8-14-6-10-17-11-7-14/h1-5,14,17H,6-13H2,(H,18,19). The van der Waals surface area contributed by atoms with Crippen molar-refractivity contribution in [1.29, 1.82) is 0 Å². The molecule has 2 rings (SSSR count). The number of hydrogen-bond donors (Lipinski definition) is 2. The van der Waals surface area contributed by atoms with E-state index in [9.17, 15) is 4.79 Å². The molecule has 0 aliphatic carbocycles. The lowest BCUT2D eigenvalue weighted by molar-refractivity contribution is -0.121. The Morgan fingerprint density at radius 2 is 2.00 bits per heavy atom.